The summed E-state index contributed by atoms with van der Waals surface area (Å²) in [6.07, 6.45) is 5.20. The molecule has 0 radical (unpaired) electrons. The summed E-state index contributed by atoms with van der Waals surface area (Å²) in [4.78, 5) is 9.17. The van der Waals surface area contributed by atoms with Gasteiger partial charge < -0.3 is 15.1 Å². The zero-order valence-electron chi connectivity index (χ0n) is 13.3. The molecule has 0 aromatic heterocycles. The minimum Gasteiger partial charge on any atom is -0.356 e. The number of hydrogen-bond acceptors (Lipinski definition) is 2. The van der Waals surface area contributed by atoms with E-state index >= 15 is 0 Å². The Balaban J connectivity index is 2.23. The molecule has 1 aliphatic rings. The highest BCUT2D eigenvalue weighted by atomic mass is 15.3. The Kier molecular flexibility index (Phi) is 7.87. The fourth-order valence-corrected chi connectivity index (χ4v) is 2.62. The number of hydrogen-bond donors (Lipinski definition) is 1. The van der Waals surface area contributed by atoms with Crippen LogP contribution >= 0.6 is 0 Å². The SMILES string of the molecule is CCCCN(C)C(=NC)NCC(C)CN1CCCC1. The van der Waals surface area contributed by atoms with Crippen LogP contribution < -0.4 is 5.32 Å². The van der Waals surface area contributed by atoms with Crippen LogP contribution in [0.3, 0.4) is 0 Å². The molecule has 1 fully saturated rings. The molecule has 4 heteroatoms. The van der Waals surface area contributed by atoms with Gasteiger partial charge in [0.05, 0.1) is 0 Å². The first-order valence-electron chi connectivity index (χ1n) is 7.81. The van der Waals surface area contributed by atoms with Gasteiger partial charge in [0.2, 0.25) is 0 Å². The topological polar surface area (TPSA) is 30.9 Å². The predicted octanol–water partition coefficient (Wildman–Crippen LogP) is 2.03. The Morgan fingerprint density at radius 1 is 1.37 bits per heavy atom. The van der Waals surface area contributed by atoms with Crippen molar-refractivity contribution in [1.29, 1.82) is 0 Å². The lowest BCUT2D eigenvalue weighted by atomic mass is 10.1. The van der Waals surface area contributed by atoms with E-state index < -0.39 is 0 Å². The molecule has 1 aliphatic heterocycles. The fourth-order valence-electron chi connectivity index (χ4n) is 2.62. The lowest BCUT2D eigenvalue weighted by Crippen LogP contribution is -2.42. The number of likely N-dealkylation sites (tertiary alicyclic amines) is 1. The first-order chi connectivity index (χ1) is 9.17. The van der Waals surface area contributed by atoms with E-state index in [0.29, 0.717) is 5.92 Å². The molecule has 0 aromatic rings. The standard InChI is InChI=1S/C15H32N4/c1-5-6-9-18(4)15(16-3)17-12-14(2)13-19-10-7-8-11-19/h14H,5-13H2,1-4H3,(H,16,17). The normalized spacial score (nSPS) is 18.6. The highest BCUT2D eigenvalue weighted by Crippen LogP contribution is 2.09. The second kappa shape index (κ2) is 9.18. The number of aliphatic imine (C=N–C) groups is 1. The Labute approximate surface area is 119 Å². The van der Waals surface area contributed by atoms with Crippen molar-refractivity contribution in [2.24, 2.45) is 10.9 Å². The van der Waals surface area contributed by atoms with Gasteiger partial charge in [0.25, 0.3) is 0 Å². The molecule has 112 valence electrons. The van der Waals surface area contributed by atoms with Crippen molar-refractivity contribution in [2.45, 2.75) is 39.5 Å². The van der Waals surface area contributed by atoms with Crippen LogP contribution in [-0.2, 0) is 0 Å². The van der Waals surface area contributed by atoms with E-state index in [2.05, 4.69) is 41.0 Å². The van der Waals surface area contributed by atoms with Crippen molar-refractivity contribution < 1.29 is 0 Å². The molecule has 0 bridgehead atoms. The molecule has 1 N–H and O–H groups in total. The van der Waals surface area contributed by atoms with E-state index in [-0.39, 0.29) is 0 Å². The molecule has 0 aromatic carbocycles. The van der Waals surface area contributed by atoms with E-state index in [0.717, 1.165) is 19.0 Å². The molecule has 0 amide bonds. The molecule has 4 nitrogen and oxygen atoms in total. The molecule has 0 saturated carbocycles. The van der Waals surface area contributed by atoms with E-state index in [4.69, 9.17) is 0 Å². The van der Waals surface area contributed by atoms with Gasteiger partial charge in [-0.05, 0) is 38.3 Å². The van der Waals surface area contributed by atoms with E-state index in [1.165, 1.54) is 45.3 Å². The van der Waals surface area contributed by atoms with Crippen LogP contribution in [0.2, 0.25) is 0 Å². The number of nitrogens with zero attached hydrogens (tertiary/aromatic N) is 3. The monoisotopic (exact) mass is 268 g/mol. The quantitative estimate of drug-likeness (QED) is 0.566. The summed E-state index contributed by atoms with van der Waals surface area (Å²) in [6, 6.07) is 0. The first-order valence-corrected chi connectivity index (χ1v) is 7.81. The number of guanidine groups is 1. The minimum absolute atomic E-state index is 0.675. The third-order valence-corrected chi connectivity index (χ3v) is 3.80. The van der Waals surface area contributed by atoms with Gasteiger partial charge >= 0.3 is 0 Å². The first kappa shape index (κ1) is 16.3. The molecule has 19 heavy (non-hydrogen) atoms. The van der Waals surface area contributed by atoms with Crippen LogP contribution in [-0.4, -0.2) is 62.6 Å². The third-order valence-electron chi connectivity index (χ3n) is 3.80. The van der Waals surface area contributed by atoms with E-state index in [1.54, 1.807) is 0 Å². The highest BCUT2D eigenvalue weighted by molar-refractivity contribution is 5.79. The van der Waals surface area contributed by atoms with Gasteiger partial charge in [0, 0.05) is 33.7 Å². The van der Waals surface area contributed by atoms with Crippen LogP contribution in [0.4, 0.5) is 0 Å². The highest BCUT2D eigenvalue weighted by Gasteiger charge is 2.15. The van der Waals surface area contributed by atoms with Gasteiger partial charge in [-0.3, -0.25) is 4.99 Å². The summed E-state index contributed by atoms with van der Waals surface area (Å²) in [5.74, 6) is 1.70. The van der Waals surface area contributed by atoms with Crippen LogP contribution in [0.25, 0.3) is 0 Å². The average molecular weight is 268 g/mol. The Bertz CT molecular complexity index is 259. The molecule has 1 atom stereocenters. The van der Waals surface area contributed by atoms with Gasteiger partial charge in [-0.2, -0.15) is 0 Å². The zero-order valence-corrected chi connectivity index (χ0v) is 13.3. The van der Waals surface area contributed by atoms with Crippen molar-refractivity contribution >= 4 is 5.96 Å². The Morgan fingerprint density at radius 3 is 2.63 bits per heavy atom. The molecule has 1 heterocycles. The minimum atomic E-state index is 0.675. The van der Waals surface area contributed by atoms with E-state index in [9.17, 15) is 0 Å². The summed E-state index contributed by atoms with van der Waals surface area (Å²) in [5.41, 5.74) is 0. The summed E-state index contributed by atoms with van der Waals surface area (Å²) in [6.45, 7) is 10.4. The van der Waals surface area contributed by atoms with Crippen molar-refractivity contribution in [1.82, 2.24) is 15.1 Å². The van der Waals surface area contributed by atoms with Gasteiger partial charge in [0.15, 0.2) is 5.96 Å². The number of rotatable bonds is 7. The van der Waals surface area contributed by atoms with Gasteiger partial charge in [-0.25, -0.2) is 0 Å². The summed E-state index contributed by atoms with van der Waals surface area (Å²) < 4.78 is 0. The number of unbranched alkanes of at least 4 members (excludes halogenated alkanes) is 1. The molecule has 0 spiro atoms. The number of nitrogens with one attached hydrogen (secondary N) is 1. The van der Waals surface area contributed by atoms with Gasteiger partial charge in [0.1, 0.15) is 0 Å². The molecule has 0 aliphatic carbocycles. The fraction of sp³-hybridized carbons (Fsp3) is 0.933. The zero-order chi connectivity index (χ0) is 14.1. The predicted molar refractivity (Wildman–Crippen MR) is 83.7 cm³/mol. The largest absolute Gasteiger partial charge is 0.356 e. The van der Waals surface area contributed by atoms with Crippen LogP contribution in [0.1, 0.15) is 39.5 Å². The second-order valence-corrected chi connectivity index (χ2v) is 5.82. The van der Waals surface area contributed by atoms with E-state index in [1.807, 2.05) is 7.05 Å². The van der Waals surface area contributed by atoms with Crippen LogP contribution in [0, 0.1) is 5.92 Å². The van der Waals surface area contributed by atoms with Crippen LogP contribution in [0.15, 0.2) is 4.99 Å². The lowest BCUT2D eigenvalue weighted by molar-refractivity contribution is 0.286. The molecular formula is C15H32N4. The maximum atomic E-state index is 4.36. The summed E-state index contributed by atoms with van der Waals surface area (Å²) in [5, 5.41) is 3.50. The maximum absolute atomic E-state index is 4.36. The van der Waals surface area contributed by atoms with Crippen molar-refractivity contribution in [3.63, 3.8) is 0 Å². The molecule has 1 rings (SSSR count). The lowest BCUT2D eigenvalue weighted by Gasteiger charge is -2.25. The molecular weight excluding hydrogens is 236 g/mol. The van der Waals surface area contributed by atoms with Gasteiger partial charge in [-0.1, -0.05) is 20.3 Å². The Hall–Kier alpha value is -0.770. The maximum Gasteiger partial charge on any atom is 0.193 e. The van der Waals surface area contributed by atoms with Crippen molar-refractivity contribution in [3.05, 3.63) is 0 Å². The smallest absolute Gasteiger partial charge is 0.193 e. The Morgan fingerprint density at radius 2 is 2.05 bits per heavy atom. The van der Waals surface area contributed by atoms with Crippen molar-refractivity contribution in [3.8, 4) is 0 Å². The van der Waals surface area contributed by atoms with Crippen molar-refractivity contribution in [2.75, 3.05) is 46.8 Å². The summed E-state index contributed by atoms with van der Waals surface area (Å²) in [7, 11) is 3.99. The van der Waals surface area contributed by atoms with Crippen LogP contribution in [0.5, 0.6) is 0 Å². The summed E-state index contributed by atoms with van der Waals surface area (Å²) >= 11 is 0. The van der Waals surface area contributed by atoms with Gasteiger partial charge in [-0.15, -0.1) is 0 Å². The third kappa shape index (κ3) is 6.28. The molecule has 1 unspecified atom stereocenters. The second-order valence-electron chi connectivity index (χ2n) is 5.82. The molecule has 1 saturated heterocycles. The average Bonchev–Trinajstić information content (AvgIpc) is 2.89.